The smallest absolute Gasteiger partial charge is 0.120 e. The van der Waals surface area contributed by atoms with Crippen LogP contribution in [0.4, 0.5) is 0 Å². The first kappa shape index (κ1) is 14.0. The van der Waals surface area contributed by atoms with Gasteiger partial charge in [-0.25, -0.2) is 4.98 Å². The molecule has 0 saturated carbocycles. The summed E-state index contributed by atoms with van der Waals surface area (Å²) in [5.41, 5.74) is 2.19. The van der Waals surface area contributed by atoms with Gasteiger partial charge in [-0.15, -0.1) is 0 Å². The number of hydrogen-bond donors (Lipinski definition) is 0. The minimum Gasteiger partial charge on any atom is -0.494 e. The van der Waals surface area contributed by atoms with Crippen LogP contribution < -0.4 is 4.74 Å². The van der Waals surface area contributed by atoms with Crippen LogP contribution in [0.25, 0.3) is 10.9 Å². The summed E-state index contributed by atoms with van der Waals surface area (Å²) in [6.45, 7) is 4.78. The molecule has 2 nitrogen and oxygen atoms in total. The summed E-state index contributed by atoms with van der Waals surface area (Å²) < 4.78 is 5.55. The van der Waals surface area contributed by atoms with E-state index in [-0.39, 0.29) is 0 Å². The van der Waals surface area contributed by atoms with E-state index < -0.39 is 0 Å². The molecule has 1 aromatic heterocycles. The fourth-order valence-electron chi connectivity index (χ4n) is 2.20. The van der Waals surface area contributed by atoms with E-state index in [1.54, 1.807) is 11.8 Å². The Bertz CT molecular complexity index is 756. The molecule has 106 valence electrons. The first-order valence-corrected chi connectivity index (χ1v) is 7.85. The highest BCUT2D eigenvalue weighted by atomic mass is 32.2. The van der Waals surface area contributed by atoms with Crippen molar-refractivity contribution in [2.45, 2.75) is 23.8 Å². The van der Waals surface area contributed by atoms with Crippen molar-refractivity contribution >= 4 is 22.7 Å². The van der Waals surface area contributed by atoms with Gasteiger partial charge in [-0.05, 0) is 55.8 Å². The van der Waals surface area contributed by atoms with Crippen molar-refractivity contribution in [1.82, 2.24) is 4.98 Å². The highest BCUT2D eigenvalue weighted by Crippen LogP contribution is 2.31. The van der Waals surface area contributed by atoms with Gasteiger partial charge in [0, 0.05) is 10.3 Å². The predicted molar refractivity (Wildman–Crippen MR) is 88.2 cm³/mol. The van der Waals surface area contributed by atoms with Crippen LogP contribution in [0.1, 0.15) is 12.5 Å². The lowest BCUT2D eigenvalue weighted by Crippen LogP contribution is -1.92. The average molecular weight is 295 g/mol. The van der Waals surface area contributed by atoms with Crippen molar-refractivity contribution in [1.29, 1.82) is 0 Å². The van der Waals surface area contributed by atoms with Crippen LogP contribution in [0, 0.1) is 6.92 Å². The van der Waals surface area contributed by atoms with Gasteiger partial charge < -0.3 is 4.74 Å². The van der Waals surface area contributed by atoms with E-state index in [1.807, 2.05) is 37.3 Å². The third kappa shape index (κ3) is 3.19. The molecule has 0 spiro atoms. The number of ether oxygens (including phenoxy) is 1. The summed E-state index contributed by atoms with van der Waals surface area (Å²) in [5.74, 6) is 0.898. The summed E-state index contributed by atoms with van der Waals surface area (Å²) in [4.78, 5) is 5.99. The third-order valence-corrected chi connectivity index (χ3v) is 4.31. The van der Waals surface area contributed by atoms with Crippen molar-refractivity contribution < 1.29 is 4.74 Å². The standard InChI is InChI=1S/C18H17NOS/c1-3-20-15-9-10-17-14(12-15)11-13(2)18(19-17)21-16-7-5-4-6-8-16/h4-12H,3H2,1-2H3. The van der Waals surface area contributed by atoms with E-state index in [0.29, 0.717) is 6.61 Å². The highest BCUT2D eigenvalue weighted by Gasteiger charge is 2.06. The van der Waals surface area contributed by atoms with Crippen molar-refractivity contribution in [3.05, 3.63) is 60.2 Å². The third-order valence-electron chi connectivity index (χ3n) is 3.20. The van der Waals surface area contributed by atoms with Crippen molar-refractivity contribution in [2.24, 2.45) is 0 Å². The Hall–Kier alpha value is -2.00. The topological polar surface area (TPSA) is 22.1 Å². The maximum absolute atomic E-state index is 5.55. The van der Waals surface area contributed by atoms with Gasteiger partial charge in [0.1, 0.15) is 10.8 Å². The Labute approximate surface area is 129 Å². The minimum absolute atomic E-state index is 0.680. The quantitative estimate of drug-likeness (QED) is 0.669. The number of aryl methyl sites for hydroxylation is 1. The number of pyridine rings is 1. The average Bonchev–Trinajstić information content (AvgIpc) is 2.50. The van der Waals surface area contributed by atoms with Crippen LogP contribution in [-0.4, -0.2) is 11.6 Å². The minimum atomic E-state index is 0.680. The molecule has 0 saturated heterocycles. The van der Waals surface area contributed by atoms with Crippen molar-refractivity contribution in [3.8, 4) is 5.75 Å². The van der Waals surface area contributed by atoms with Crippen LogP contribution in [0.3, 0.4) is 0 Å². The SMILES string of the molecule is CCOc1ccc2nc(Sc3ccccc3)c(C)cc2c1. The van der Waals surface area contributed by atoms with Gasteiger partial charge in [-0.3, -0.25) is 0 Å². The normalized spacial score (nSPS) is 10.8. The summed E-state index contributed by atoms with van der Waals surface area (Å²) >= 11 is 1.70. The molecule has 0 unspecified atom stereocenters. The van der Waals surface area contributed by atoms with E-state index in [9.17, 15) is 0 Å². The second kappa shape index (κ2) is 6.19. The Morgan fingerprint density at radius 1 is 1.05 bits per heavy atom. The van der Waals surface area contributed by atoms with Gasteiger partial charge in [-0.2, -0.15) is 0 Å². The zero-order valence-electron chi connectivity index (χ0n) is 12.2. The van der Waals surface area contributed by atoms with Crippen LogP contribution in [0.15, 0.2) is 64.5 Å². The predicted octanol–water partition coefficient (Wildman–Crippen LogP) is 5.09. The van der Waals surface area contributed by atoms with E-state index in [0.717, 1.165) is 21.7 Å². The Morgan fingerprint density at radius 3 is 2.62 bits per heavy atom. The summed E-state index contributed by atoms with van der Waals surface area (Å²) in [5, 5.41) is 2.17. The monoisotopic (exact) mass is 295 g/mol. The number of benzene rings is 2. The molecule has 0 bridgehead atoms. The lowest BCUT2D eigenvalue weighted by atomic mass is 10.1. The molecule has 2 aromatic carbocycles. The molecule has 1 heterocycles. The molecule has 0 aliphatic rings. The molecule has 0 aliphatic heterocycles. The lowest BCUT2D eigenvalue weighted by Gasteiger charge is -2.09. The van der Waals surface area contributed by atoms with Crippen molar-refractivity contribution in [3.63, 3.8) is 0 Å². The summed E-state index contributed by atoms with van der Waals surface area (Å²) in [7, 11) is 0. The second-order valence-corrected chi connectivity index (χ2v) is 5.88. The number of aromatic nitrogens is 1. The first-order valence-electron chi connectivity index (χ1n) is 7.03. The van der Waals surface area contributed by atoms with E-state index >= 15 is 0 Å². The van der Waals surface area contributed by atoms with Gasteiger partial charge in [0.05, 0.1) is 12.1 Å². The van der Waals surface area contributed by atoms with Gasteiger partial charge >= 0.3 is 0 Å². The molecule has 0 amide bonds. The van der Waals surface area contributed by atoms with Crippen molar-refractivity contribution in [2.75, 3.05) is 6.61 Å². The van der Waals surface area contributed by atoms with E-state index in [1.165, 1.54) is 10.5 Å². The zero-order valence-corrected chi connectivity index (χ0v) is 13.0. The van der Waals surface area contributed by atoms with E-state index in [2.05, 4.69) is 31.2 Å². The first-order chi connectivity index (χ1) is 10.3. The fraction of sp³-hybridized carbons (Fsp3) is 0.167. The molecular weight excluding hydrogens is 278 g/mol. The Morgan fingerprint density at radius 2 is 1.86 bits per heavy atom. The Balaban J connectivity index is 1.97. The van der Waals surface area contributed by atoms with Gasteiger partial charge in [0.25, 0.3) is 0 Å². The largest absolute Gasteiger partial charge is 0.494 e. The number of fused-ring (bicyclic) bond motifs is 1. The van der Waals surface area contributed by atoms with Gasteiger partial charge in [-0.1, -0.05) is 30.0 Å². The number of hydrogen-bond acceptors (Lipinski definition) is 3. The molecule has 0 aliphatic carbocycles. The molecule has 0 fully saturated rings. The number of rotatable bonds is 4. The molecule has 0 atom stereocenters. The zero-order chi connectivity index (χ0) is 14.7. The second-order valence-electron chi connectivity index (χ2n) is 4.81. The summed E-state index contributed by atoms with van der Waals surface area (Å²) in [6, 6.07) is 18.6. The fourth-order valence-corrected chi connectivity index (χ4v) is 3.08. The molecule has 0 radical (unpaired) electrons. The van der Waals surface area contributed by atoms with E-state index in [4.69, 9.17) is 9.72 Å². The summed E-state index contributed by atoms with van der Waals surface area (Å²) in [6.07, 6.45) is 0. The number of nitrogens with zero attached hydrogens (tertiary/aromatic N) is 1. The van der Waals surface area contributed by atoms with Crippen LogP contribution in [-0.2, 0) is 0 Å². The lowest BCUT2D eigenvalue weighted by molar-refractivity contribution is 0.340. The molecular formula is C18H17NOS. The molecule has 3 aromatic rings. The van der Waals surface area contributed by atoms with Gasteiger partial charge in [0.2, 0.25) is 0 Å². The van der Waals surface area contributed by atoms with Crippen LogP contribution in [0.5, 0.6) is 5.75 Å². The molecule has 21 heavy (non-hydrogen) atoms. The van der Waals surface area contributed by atoms with Crippen LogP contribution >= 0.6 is 11.8 Å². The molecule has 3 heteroatoms. The highest BCUT2D eigenvalue weighted by molar-refractivity contribution is 7.99. The maximum atomic E-state index is 5.55. The maximum Gasteiger partial charge on any atom is 0.120 e. The molecule has 3 rings (SSSR count). The van der Waals surface area contributed by atoms with Gasteiger partial charge in [0.15, 0.2) is 0 Å². The molecule has 0 N–H and O–H groups in total. The van der Waals surface area contributed by atoms with Crippen LogP contribution in [0.2, 0.25) is 0 Å². The Kier molecular flexibility index (Phi) is 4.11.